The third kappa shape index (κ3) is 20.4. The standard InChI is InChI=1S/C16H36N.C5H13NO3S/c1-5-9-13-17(14-10-6-2,15-11-7-3)16-12-8-4;1-6(2)4-3-5-10(7,8)9/h5-16H2,1-4H3;3-5H2,1-2H3,(H,7,8,9)/q+1;/p-1. The first-order valence-electron chi connectivity index (χ1n) is 11.1. The highest BCUT2D eigenvalue weighted by molar-refractivity contribution is 7.85. The van der Waals surface area contributed by atoms with E-state index in [4.69, 9.17) is 0 Å². The van der Waals surface area contributed by atoms with Crippen LogP contribution < -0.4 is 0 Å². The van der Waals surface area contributed by atoms with Crippen molar-refractivity contribution in [2.75, 3.05) is 52.6 Å². The highest BCUT2D eigenvalue weighted by atomic mass is 32.2. The lowest BCUT2D eigenvalue weighted by molar-refractivity contribution is -0.929. The van der Waals surface area contributed by atoms with E-state index in [1.807, 2.05) is 19.0 Å². The van der Waals surface area contributed by atoms with E-state index in [0.29, 0.717) is 13.0 Å². The van der Waals surface area contributed by atoms with E-state index in [1.165, 1.54) is 82.0 Å². The largest absolute Gasteiger partial charge is 0.748 e. The number of rotatable bonds is 16. The molecular formula is C21H48N2O3S. The van der Waals surface area contributed by atoms with E-state index >= 15 is 0 Å². The van der Waals surface area contributed by atoms with E-state index in [1.54, 1.807) is 0 Å². The van der Waals surface area contributed by atoms with Gasteiger partial charge in [0.05, 0.1) is 36.3 Å². The summed E-state index contributed by atoms with van der Waals surface area (Å²) in [5.74, 6) is -0.259. The lowest BCUT2D eigenvalue weighted by atomic mass is 10.1. The maximum atomic E-state index is 10.0. The summed E-state index contributed by atoms with van der Waals surface area (Å²) in [6.07, 6.45) is 11.5. The Labute approximate surface area is 170 Å². The highest BCUT2D eigenvalue weighted by Crippen LogP contribution is 2.16. The van der Waals surface area contributed by atoms with Gasteiger partial charge < -0.3 is 13.9 Å². The molecule has 166 valence electrons. The Balaban J connectivity index is 0. The van der Waals surface area contributed by atoms with E-state index < -0.39 is 10.1 Å². The van der Waals surface area contributed by atoms with Crippen LogP contribution in [0, 0.1) is 0 Å². The molecular weight excluding hydrogens is 360 g/mol. The van der Waals surface area contributed by atoms with Gasteiger partial charge in [-0.05, 0) is 52.7 Å². The number of nitrogens with zero attached hydrogens (tertiary/aromatic N) is 2. The van der Waals surface area contributed by atoms with Crippen LogP contribution in [-0.4, -0.2) is 74.9 Å². The smallest absolute Gasteiger partial charge is 0.0946 e. The van der Waals surface area contributed by atoms with Crippen molar-refractivity contribution in [2.45, 2.75) is 85.5 Å². The van der Waals surface area contributed by atoms with Gasteiger partial charge in [-0.1, -0.05) is 53.4 Å². The number of quaternary nitrogens is 1. The molecule has 27 heavy (non-hydrogen) atoms. The molecule has 0 saturated carbocycles. The average Bonchev–Trinajstić information content (AvgIpc) is 2.59. The van der Waals surface area contributed by atoms with Crippen molar-refractivity contribution in [2.24, 2.45) is 0 Å². The molecule has 0 atom stereocenters. The molecule has 0 aliphatic heterocycles. The van der Waals surface area contributed by atoms with Crippen molar-refractivity contribution in [1.82, 2.24) is 4.90 Å². The van der Waals surface area contributed by atoms with Crippen molar-refractivity contribution in [3.8, 4) is 0 Å². The predicted octanol–water partition coefficient (Wildman–Crippen LogP) is 4.49. The van der Waals surface area contributed by atoms with Crippen LogP contribution in [0.4, 0.5) is 0 Å². The lowest BCUT2D eigenvalue weighted by Gasteiger charge is -2.39. The first kappa shape index (κ1) is 29.0. The van der Waals surface area contributed by atoms with Crippen LogP contribution >= 0.6 is 0 Å². The minimum Gasteiger partial charge on any atom is -0.748 e. The van der Waals surface area contributed by atoms with Crippen LogP contribution in [0.2, 0.25) is 0 Å². The molecule has 0 N–H and O–H groups in total. The van der Waals surface area contributed by atoms with Crippen LogP contribution in [0.25, 0.3) is 0 Å². The van der Waals surface area contributed by atoms with Gasteiger partial charge in [-0.25, -0.2) is 8.42 Å². The third-order valence-electron chi connectivity index (χ3n) is 4.94. The van der Waals surface area contributed by atoms with E-state index in [0.717, 1.165) is 0 Å². The Morgan fingerprint density at radius 3 is 1.26 bits per heavy atom. The van der Waals surface area contributed by atoms with Gasteiger partial charge in [0.25, 0.3) is 0 Å². The molecule has 5 nitrogen and oxygen atoms in total. The third-order valence-corrected chi connectivity index (χ3v) is 5.73. The summed E-state index contributed by atoms with van der Waals surface area (Å²) in [7, 11) is -0.335. The van der Waals surface area contributed by atoms with Crippen molar-refractivity contribution in [3.05, 3.63) is 0 Å². The summed E-state index contributed by atoms with van der Waals surface area (Å²) >= 11 is 0. The van der Waals surface area contributed by atoms with Gasteiger partial charge in [0.15, 0.2) is 0 Å². The normalized spacial score (nSPS) is 12.1. The minimum absolute atomic E-state index is 0.259. The maximum absolute atomic E-state index is 10.0. The van der Waals surface area contributed by atoms with Gasteiger partial charge >= 0.3 is 0 Å². The fourth-order valence-corrected chi connectivity index (χ4v) is 3.69. The Bertz CT molecular complexity index is 374. The second-order valence-corrected chi connectivity index (χ2v) is 9.59. The van der Waals surface area contributed by atoms with Crippen LogP contribution in [-0.2, 0) is 10.1 Å². The molecule has 0 aromatic heterocycles. The molecule has 0 aromatic rings. The SMILES string of the molecule is CCCC[N+](CCCC)(CCCC)CCCC.CN(C)CCCS(=O)(=O)[O-]. The lowest BCUT2D eigenvalue weighted by Crippen LogP contribution is -2.50. The number of hydrogen-bond acceptors (Lipinski definition) is 4. The first-order chi connectivity index (χ1) is 12.7. The Kier molecular flexibility index (Phi) is 19.2. The van der Waals surface area contributed by atoms with Crippen LogP contribution in [0.3, 0.4) is 0 Å². The summed E-state index contributed by atoms with van der Waals surface area (Å²) < 4.78 is 31.5. The Morgan fingerprint density at radius 1 is 0.704 bits per heavy atom. The number of unbranched alkanes of at least 4 members (excludes halogenated alkanes) is 4. The van der Waals surface area contributed by atoms with Gasteiger partial charge in [-0.15, -0.1) is 0 Å². The van der Waals surface area contributed by atoms with E-state index in [9.17, 15) is 13.0 Å². The predicted molar refractivity (Wildman–Crippen MR) is 117 cm³/mol. The van der Waals surface area contributed by atoms with Crippen LogP contribution in [0.1, 0.15) is 85.5 Å². The molecule has 0 radical (unpaired) electrons. The van der Waals surface area contributed by atoms with Crippen molar-refractivity contribution >= 4 is 10.1 Å². The average molecular weight is 409 g/mol. The number of hydrogen-bond donors (Lipinski definition) is 0. The molecule has 0 fully saturated rings. The van der Waals surface area contributed by atoms with Gasteiger partial charge in [0, 0.05) is 5.75 Å². The molecule has 0 aliphatic carbocycles. The molecule has 0 bridgehead atoms. The zero-order chi connectivity index (χ0) is 21.2. The molecule has 0 heterocycles. The second-order valence-electron chi connectivity index (χ2n) is 8.07. The fourth-order valence-electron chi connectivity index (χ4n) is 3.20. The quantitative estimate of drug-likeness (QED) is 0.279. The van der Waals surface area contributed by atoms with Gasteiger partial charge in [0.1, 0.15) is 0 Å². The summed E-state index contributed by atoms with van der Waals surface area (Å²) in [5.41, 5.74) is 0. The molecule has 6 heteroatoms. The zero-order valence-electron chi connectivity index (χ0n) is 19.1. The Morgan fingerprint density at radius 2 is 1.04 bits per heavy atom. The molecule has 0 amide bonds. The summed E-state index contributed by atoms with van der Waals surface area (Å²) in [6, 6.07) is 0. The summed E-state index contributed by atoms with van der Waals surface area (Å²) in [5, 5.41) is 0. The zero-order valence-corrected chi connectivity index (χ0v) is 20.0. The second kappa shape index (κ2) is 17.9. The van der Waals surface area contributed by atoms with Crippen molar-refractivity contribution < 1.29 is 17.5 Å². The summed E-state index contributed by atoms with van der Waals surface area (Å²) in [4.78, 5) is 1.84. The molecule has 0 aliphatic rings. The molecule has 0 unspecified atom stereocenters. The molecule has 0 rings (SSSR count). The first-order valence-corrected chi connectivity index (χ1v) is 12.7. The highest BCUT2D eigenvalue weighted by Gasteiger charge is 2.24. The van der Waals surface area contributed by atoms with E-state index in [-0.39, 0.29) is 5.75 Å². The Hall–Kier alpha value is -0.170. The monoisotopic (exact) mass is 408 g/mol. The van der Waals surface area contributed by atoms with Gasteiger partial charge in [-0.3, -0.25) is 0 Å². The van der Waals surface area contributed by atoms with Crippen molar-refractivity contribution in [1.29, 1.82) is 0 Å². The van der Waals surface area contributed by atoms with Gasteiger partial charge in [0.2, 0.25) is 0 Å². The van der Waals surface area contributed by atoms with Crippen LogP contribution in [0.15, 0.2) is 0 Å². The molecule has 0 spiro atoms. The van der Waals surface area contributed by atoms with E-state index in [2.05, 4.69) is 27.7 Å². The fraction of sp³-hybridized carbons (Fsp3) is 1.00. The van der Waals surface area contributed by atoms with Crippen molar-refractivity contribution in [3.63, 3.8) is 0 Å². The summed E-state index contributed by atoms with van der Waals surface area (Å²) in [6.45, 7) is 15.7. The topological polar surface area (TPSA) is 60.4 Å². The molecule has 0 saturated heterocycles. The minimum atomic E-state index is -4.00. The maximum Gasteiger partial charge on any atom is 0.0946 e. The van der Waals surface area contributed by atoms with Crippen LogP contribution in [0.5, 0.6) is 0 Å². The van der Waals surface area contributed by atoms with Gasteiger partial charge in [-0.2, -0.15) is 0 Å². The molecule has 0 aromatic carbocycles.